The van der Waals surface area contributed by atoms with Crippen LogP contribution in [-0.2, 0) is 4.79 Å². The monoisotopic (exact) mass is 296 g/mol. The molecular weight excluding hydrogens is 283 g/mol. The van der Waals surface area contributed by atoms with Crippen LogP contribution in [0.4, 0.5) is 10.1 Å². The fraction of sp³-hybridized carbons (Fsp3) is 0.385. The largest absolute Gasteiger partial charge is 0.481 e. The molecule has 1 aromatic rings. The Balaban J connectivity index is 2.24. The lowest BCUT2D eigenvalue weighted by atomic mass is 9.74. The van der Waals surface area contributed by atoms with Gasteiger partial charge in [-0.2, -0.15) is 0 Å². The molecule has 21 heavy (non-hydrogen) atoms. The molecule has 1 amide bonds. The molecule has 0 bridgehead atoms. The number of rotatable bonds is 5. The number of halogens is 1. The van der Waals surface area contributed by atoms with E-state index in [9.17, 15) is 24.1 Å². The molecule has 0 radical (unpaired) electrons. The van der Waals surface area contributed by atoms with Crippen molar-refractivity contribution in [2.75, 3.05) is 0 Å². The first kappa shape index (κ1) is 14.9. The van der Waals surface area contributed by atoms with E-state index in [1.807, 2.05) is 0 Å². The second kappa shape index (κ2) is 5.47. The molecule has 0 aliphatic heterocycles. The molecule has 1 aliphatic rings. The number of carbonyl (C=O) groups excluding carboxylic acids is 1. The van der Waals surface area contributed by atoms with E-state index >= 15 is 0 Å². The highest BCUT2D eigenvalue weighted by Crippen LogP contribution is 2.35. The standard InChI is InChI=1S/C13H13FN2O5/c14-8-2-3-9(10(6-8)16(20)21)12(19)15-13(4-1-5-13)7-11(17)18/h2-3,6H,1,4-5,7H2,(H,15,19)(H,17,18). The van der Waals surface area contributed by atoms with E-state index < -0.39 is 33.8 Å². The van der Waals surface area contributed by atoms with Crippen molar-refractivity contribution in [1.29, 1.82) is 0 Å². The SMILES string of the molecule is O=C(O)CC1(NC(=O)c2ccc(F)cc2[N+](=O)[O-])CCC1. The van der Waals surface area contributed by atoms with Gasteiger partial charge in [0.15, 0.2) is 0 Å². The van der Waals surface area contributed by atoms with Crippen molar-refractivity contribution in [2.45, 2.75) is 31.2 Å². The van der Waals surface area contributed by atoms with Gasteiger partial charge in [-0.25, -0.2) is 4.39 Å². The van der Waals surface area contributed by atoms with Crippen LogP contribution in [0.3, 0.4) is 0 Å². The number of aliphatic carboxylic acids is 1. The molecule has 7 nitrogen and oxygen atoms in total. The minimum atomic E-state index is -1.05. The van der Waals surface area contributed by atoms with Gasteiger partial charge in [-0.05, 0) is 31.4 Å². The third-order valence-electron chi connectivity index (χ3n) is 3.58. The summed E-state index contributed by atoms with van der Waals surface area (Å²) in [7, 11) is 0. The normalized spacial score (nSPS) is 15.9. The van der Waals surface area contributed by atoms with Gasteiger partial charge in [0.05, 0.1) is 22.9 Å². The second-order valence-corrected chi connectivity index (χ2v) is 5.08. The quantitative estimate of drug-likeness (QED) is 0.636. The smallest absolute Gasteiger partial charge is 0.305 e. The predicted molar refractivity (Wildman–Crippen MR) is 69.4 cm³/mol. The molecular formula is C13H13FN2O5. The summed E-state index contributed by atoms with van der Waals surface area (Å²) < 4.78 is 13.0. The van der Waals surface area contributed by atoms with Crippen molar-refractivity contribution in [3.63, 3.8) is 0 Å². The van der Waals surface area contributed by atoms with E-state index in [4.69, 9.17) is 5.11 Å². The number of carboxylic acids is 1. The highest BCUT2D eigenvalue weighted by Gasteiger charge is 2.41. The maximum absolute atomic E-state index is 13.0. The zero-order chi connectivity index (χ0) is 15.6. The van der Waals surface area contributed by atoms with E-state index in [1.54, 1.807) is 0 Å². The first-order valence-corrected chi connectivity index (χ1v) is 6.31. The van der Waals surface area contributed by atoms with Gasteiger partial charge in [0, 0.05) is 0 Å². The van der Waals surface area contributed by atoms with Crippen molar-refractivity contribution in [2.24, 2.45) is 0 Å². The van der Waals surface area contributed by atoms with Gasteiger partial charge in [0.2, 0.25) is 0 Å². The van der Waals surface area contributed by atoms with Crippen molar-refractivity contribution >= 4 is 17.6 Å². The summed E-state index contributed by atoms with van der Waals surface area (Å²) in [4.78, 5) is 33.0. The predicted octanol–water partition coefficient (Wildman–Crippen LogP) is 1.86. The van der Waals surface area contributed by atoms with E-state index in [-0.39, 0.29) is 12.0 Å². The van der Waals surface area contributed by atoms with E-state index in [1.165, 1.54) is 0 Å². The molecule has 2 N–H and O–H groups in total. The van der Waals surface area contributed by atoms with Crippen molar-refractivity contribution in [3.05, 3.63) is 39.7 Å². The molecule has 0 aromatic heterocycles. The molecule has 1 aromatic carbocycles. The van der Waals surface area contributed by atoms with Gasteiger partial charge in [0.25, 0.3) is 11.6 Å². The lowest BCUT2D eigenvalue weighted by Crippen LogP contribution is -2.54. The molecule has 0 heterocycles. The zero-order valence-electron chi connectivity index (χ0n) is 11.0. The number of nitro groups is 1. The number of hydrogen-bond donors (Lipinski definition) is 2. The van der Waals surface area contributed by atoms with Gasteiger partial charge in [-0.15, -0.1) is 0 Å². The van der Waals surface area contributed by atoms with Gasteiger partial charge in [-0.3, -0.25) is 19.7 Å². The Hall–Kier alpha value is -2.51. The van der Waals surface area contributed by atoms with Crippen LogP contribution in [0.25, 0.3) is 0 Å². The number of carboxylic acid groups (broad SMARTS) is 1. The van der Waals surface area contributed by atoms with Crippen LogP contribution in [0.1, 0.15) is 36.0 Å². The molecule has 0 saturated heterocycles. The lowest BCUT2D eigenvalue weighted by Gasteiger charge is -2.41. The van der Waals surface area contributed by atoms with Gasteiger partial charge < -0.3 is 10.4 Å². The Morgan fingerprint density at radius 3 is 2.57 bits per heavy atom. The van der Waals surface area contributed by atoms with Crippen molar-refractivity contribution < 1.29 is 24.0 Å². The van der Waals surface area contributed by atoms with Crippen LogP contribution < -0.4 is 5.32 Å². The third kappa shape index (κ3) is 3.15. The highest BCUT2D eigenvalue weighted by atomic mass is 19.1. The van der Waals surface area contributed by atoms with Crippen LogP contribution in [0, 0.1) is 15.9 Å². The summed E-state index contributed by atoms with van der Waals surface area (Å²) in [5.41, 5.74) is -1.79. The summed E-state index contributed by atoms with van der Waals surface area (Å²) in [6.07, 6.45) is 1.53. The van der Waals surface area contributed by atoms with Crippen molar-refractivity contribution in [1.82, 2.24) is 5.32 Å². The van der Waals surface area contributed by atoms with Gasteiger partial charge in [-0.1, -0.05) is 0 Å². The van der Waals surface area contributed by atoms with Crippen LogP contribution >= 0.6 is 0 Å². The molecule has 1 saturated carbocycles. The fourth-order valence-corrected chi connectivity index (χ4v) is 2.40. The minimum absolute atomic E-state index is 0.242. The fourth-order valence-electron chi connectivity index (χ4n) is 2.40. The van der Waals surface area contributed by atoms with Crippen molar-refractivity contribution in [3.8, 4) is 0 Å². The van der Waals surface area contributed by atoms with Crippen LogP contribution in [0.15, 0.2) is 18.2 Å². The number of carbonyl (C=O) groups is 2. The lowest BCUT2D eigenvalue weighted by molar-refractivity contribution is -0.385. The average molecular weight is 296 g/mol. The summed E-state index contributed by atoms with van der Waals surface area (Å²) in [6, 6.07) is 2.64. The maximum atomic E-state index is 13.0. The van der Waals surface area contributed by atoms with Gasteiger partial charge in [0.1, 0.15) is 11.4 Å². The Bertz CT molecular complexity index is 613. The van der Waals surface area contributed by atoms with E-state index in [0.29, 0.717) is 18.9 Å². The molecule has 0 spiro atoms. The molecule has 2 rings (SSSR count). The minimum Gasteiger partial charge on any atom is -0.481 e. The van der Waals surface area contributed by atoms with E-state index in [0.717, 1.165) is 18.6 Å². The summed E-state index contributed by atoms with van der Waals surface area (Å²) in [6.45, 7) is 0. The zero-order valence-corrected chi connectivity index (χ0v) is 11.0. The Morgan fingerprint density at radius 1 is 1.43 bits per heavy atom. The number of nitrogens with zero attached hydrogens (tertiary/aromatic N) is 1. The van der Waals surface area contributed by atoms with E-state index in [2.05, 4.69) is 5.32 Å². The first-order valence-electron chi connectivity index (χ1n) is 6.31. The molecule has 0 atom stereocenters. The highest BCUT2D eigenvalue weighted by molar-refractivity contribution is 5.98. The molecule has 1 aliphatic carbocycles. The Morgan fingerprint density at radius 2 is 2.10 bits per heavy atom. The summed E-state index contributed by atoms with van der Waals surface area (Å²) >= 11 is 0. The number of hydrogen-bond acceptors (Lipinski definition) is 4. The second-order valence-electron chi connectivity index (χ2n) is 5.08. The molecule has 0 unspecified atom stereocenters. The van der Waals surface area contributed by atoms with Crippen LogP contribution in [-0.4, -0.2) is 27.4 Å². The topological polar surface area (TPSA) is 110 Å². The van der Waals surface area contributed by atoms with Crippen LogP contribution in [0.5, 0.6) is 0 Å². The third-order valence-corrected chi connectivity index (χ3v) is 3.58. The Labute approximate surface area is 118 Å². The molecule has 112 valence electrons. The molecule has 1 fully saturated rings. The Kier molecular flexibility index (Phi) is 3.88. The summed E-state index contributed by atoms with van der Waals surface area (Å²) in [5.74, 6) is -2.63. The number of benzene rings is 1. The molecule has 8 heteroatoms. The summed E-state index contributed by atoms with van der Waals surface area (Å²) in [5, 5.41) is 22.3. The maximum Gasteiger partial charge on any atom is 0.305 e. The number of nitrogens with one attached hydrogen (secondary N) is 1. The number of amides is 1. The number of nitro benzene ring substituents is 1. The van der Waals surface area contributed by atoms with Crippen LogP contribution in [0.2, 0.25) is 0 Å². The van der Waals surface area contributed by atoms with Gasteiger partial charge >= 0.3 is 5.97 Å². The average Bonchev–Trinajstić information content (AvgIpc) is 2.35. The first-order chi connectivity index (χ1) is 9.83.